The molecule has 1 heterocycles. The van der Waals surface area contributed by atoms with Crippen LogP contribution in [0.5, 0.6) is 0 Å². The lowest BCUT2D eigenvalue weighted by molar-refractivity contribution is -0.149. The Morgan fingerprint density at radius 2 is 1.41 bits per heavy atom. The summed E-state index contributed by atoms with van der Waals surface area (Å²) < 4.78 is 0. The van der Waals surface area contributed by atoms with E-state index in [1.165, 1.54) is 0 Å². The number of primary amides is 2. The highest BCUT2D eigenvalue weighted by Gasteiger charge is 2.38. The fourth-order valence-electron chi connectivity index (χ4n) is 3.54. The second-order valence-electron chi connectivity index (χ2n) is 8.36. The van der Waals surface area contributed by atoms with Gasteiger partial charge >= 0.3 is 5.97 Å². The highest BCUT2D eigenvalue weighted by Crippen LogP contribution is 2.19. The molecule has 5 atom stereocenters. The number of carbonyl (C=O) groups excluding carboxylic acids is 6. The summed E-state index contributed by atoms with van der Waals surface area (Å²) in [5, 5.41) is 34.4. The van der Waals surface area contributed by atoms with Crippen molar-refractivity contribution in [1.82, 2.24) is 20.9 Å². The fourth-order valence-corrected chi connectivity index (χ4v) is 3.54. The van der Waals surface area contributed by atoms with E-state index in [1.54, 1.807) is 0 Å². The summed E-state index contributed by atoms with van der Waals surface area (Å²) in [7, 11) is 0. The van der Waals surface area contributed by atoms with Gasteiger partial charge in [0.25, 0.3) is 0 Å². The van der Waals surface area contributed by atoms with Crippen molar-refractivity contribution in [2.24, 2.45) is 17.2 Å². The topological polar surface area (TPSA) is 298 Å². The van der Waals surface area contributed by atoms with Crippen molar-refractivity contribution in [3.05, 3.63) is 0 Å². The number of aliphatic hydroxyl groups is 2. The summed E-state index contributed by atoms with van der Waals surface area (Å²) in [6.07, 6.45) is -0.730. The fraction of sp³-hybridized carbons (Fsp3) is 0.650. The number of nitrogens with one attached hydrogen (secondary N) is 3. The molecular formula is C20H33N7O10. The van der Waals surface area contributed by atoms with E-state index >= 15 is 0 Å². The molecular weight excluding hydrogens is 498 g/mol. The van der Waals surface area contributed by atoms with Crippen molar-refractivity contribution >= 4 is 41.4 Å². The molecule has 1 rings (SSSR count). The van der Waals surface area contributed by atoms with Crippen LogP contribution in [0.1, 0.15) is 32.1 Å². The second kappa shape index (κ2) is 14.7. The maximum Gasteiger partial charge on any atom is 0.326 e. The Labute approximate surface area is 211 Å². The van der Waals surface area contributed by atoms with E-state index in [9.17, 15) is 43.8 Å². The van der Waals surface area contributed by atoms with Crippen LogP contribution in [0.2, 0.25) is 0 Å². The molecule has 12 N–H and O–H groups in total. The monoisotopic (exact) mass is 531 g/mol. The summed E-state index contributed by atoms with van der Waals surface area (Å²) in [6.45, 7) is -1.65. The zero-order valence-corrected chi connectivity index (χ0v) is 19.9. The average molecular weight is 532 g/mol. The predicted molar refractivity (Wildman–Crippen MR) is 123 cm³/mol. The maximum atomic E-state index is 13.0. The van der Waals surface area contributed by atoms with Gasteiger partial charge in [0.2, 0.25) is 35.4 Å². The Morgan fingerprint density at radius 3 is 1.92 bits per heavy atom. The van der Waals surface area contributed by atoms with Crippen molar-refractivity contribution in [2.45, 2.75) is 62.3 Å². The number of nitrogens with zero attached hydrogens (tertiary/aromatic N) is 1. The van der Waals surface area contributed by atoms with Crippen LogP contribution in [0.25, 0.3) is 0 Å². The number of amides is 6. The molecule has 0 bridgehead atoms. The van der Waals surface area contributed by atoms with Crippen LogP contribution in [0, 0.1) is 0 Å². The quantitative estimate of drug-likeness (QED) is 0.0957. The minimum Gasteiger partial charge on any atom is -0.480 e. The number of rotatable bonds is 15. The molecule has 1 aliphatic rings. The first-order valence-corrected chi connectivity index (χ1v) is 11.3. The number of carbonyl (C=O) groups is 7. The predicted octanol–water partition coefficient (Wildman–Crippen LogP) is -6.03. The number of aliphatic carboxylic acids is 1. The van der Waals surface area contributed by atoms with Crippen molar-refractivity contribution < 1.29 is 48.9 Å². The Morgan fingerprint density at radius 1 is 0.838 bits per heavy atom. The van der Waals surface area contributed by atoms with Crippen LogP contribution in [0.3, 0.4) is 0 Å². The Hall–Kier alpha value is -3.83. The van der Waals surface area contributed by atoms with Crippen molar-refractivity contribution in [3.8, 4) is 0 Å². The van der Waals surface area contributed by atoms with Gasteiger partial charge in [-0.25, -0.2) is 4.79 Å². The molecule has 1 aliphatic heterocycles. The Balaban J connectivity index is 3.02. The number of likely N-dealkylation sites (tertiary alicyclic amines) is 1. The van der Waals surface area contributed by atoms with E-state index in [4.69, 9.17) is 22.3 Å². The number of hydrogen-bond acceptors (Lipinski definition) is 10. The van der Waals surface area contributed by atoms with Crippen molar-refractivity contribution in [1.29, 1.82) is 0 Å². The third kappa shape index (κ3) is 9.62. The minimum atomic E-state index is -1.69. The summed E-state index contributed by atoms with van der Waals surface area (Å²) >= 11 is 0. The minimum absolute atomic E-state index is 0.101. The molecule has 208 valence electrons. The van der Waals surface area contributed by atoms with Crippen LogP contribution in [0.15, 0.2) is 0 Å². The van der Waals surface area contributed by atoms with Gasteiger partial charge in [-0.3, -0.25) is 28.8 Å². The van der Waals surface area contributed by atoms with Crippen molar-refractivity contribution in [2.75, 3.05) is 19.8 Å². The zero-order chi connectivity index (χ0) is 28.3. The molecule has 37 heavy (non-hydrogen) atoms. The van der Waals surface area contributed by atoms with Crippen LogP contribution < -0.4 is 33.2 Å². The SMILES string of the molecule is NC(=O)CC[C@H](NC(=O)[C@H](CO)NC(=O)[C@H](CC(N)=O)NC(=O)[C@@H](N)CO)C(=O)N1CCC[C@H]1C(=O)O. The highest BCUT2D eigenvalue weighted by molar-refractivity contribution is 5.97. The first kappa shape index (κ1) is 31.2. The van der Waals surface area contributed by atoms with Gasteiger partial charge in [0.15, 0.2) is 0 Å². The first-order chi connectivity index (χ1) is 17.3. The maximum absolute atomic E-state index is 13.0. The Bertz CT molecular complexity index is 899. The van der Waals surface area contributed by atoms with Gasteiger partial charge in [0.1, 0.15) is 30.2 Å². The average Bonchev–Trinajstić information content (AvgIpc) is 3.33. The second-order valence-corrected chi connectivity index (χ2v) is 8.36. The molecule has 0 aromatic carbocycles. The third-order valence-electron chi connectivity index (χ3n) is 5.50. The molecule has 0 spiro atoms. The smallest absolute Gasteiger partial charge is 0.326 e. The zero-order valence-electron chi connectivity index (χ0n) is 19.9. The molecule has 6 amide bonds. The standard InChI is InChI=1S/C20H33N7O10/c21-9(7-28)16(32)25-11(6-15(23)31)17(33)26-12(8-29)18(34)24-10(3-4-14(22)30)19(35)27-5-1-2-13(27)20(36)37/h9-13,28-29H,1-8,21H2,(H2,22,30)(H2,23,31)(H,24,34)(H,25,32)(H,26,33)(H,36,37)/t9-,10-,11-,12-,13-/m0/s1. The summed E-state index contributed by atoms with van der Waals surface area (Å²) in [6, 6.07) is -7.26. The van der Waals surface area contributed by atoms with Crippen LogP contribution >= 0.6 is 0 Å². The molecule has 17 heteroatoms. The van der Waals surface area contributed by atoms with Gasteiger partial charge in [0.05, 0.1) is 19.6 Å². The summed E-state index contributed by atoms with van der Waals surface area (Å²) in [4.78, 5) is 85.5. The molecule has 0 aromatic heterocycles. The van der Waals surface area contributed by atoms with E-state index in [0.717, 1.165) is 4.90 Å². The number of hydrogen-bond donors (Lipinski definition) is 9. The lowest BCUT2D eigenvalue weighted by Gasteiger charge is -2.28. The molecule has 0 saturated carbocycles. The van der Waals surface area contributed by atoms with Crippen molar-refractivity contribution in [3.63, 3.8) is 0 Å². The van der Waals surface area contributed by atoms with Gasteiger partial charge in [-0.1, -0.05) is 0 Å². The van der Waals surface area contributed by atoms with Crippen LogP contribution in [-0.4, -0.2) is 112 Å². The van der Waals surface area contributed by atoms with Crippen LogP contribution in [-0.2, 0) is 33.6 Å². The van der Waals surface area contributed by atoms with Gasteiger partial charge in [0, 0.05) is 13.0 Å². The van der Waals surface area contributed by atoms with Crippen LogP contribution in [0.4, 0.5) is 0 Å². The highest BCUT2D eigenvalue weighted by atomic mass is 16.4. The van der Waals surface area contributed by atoms with E-state index in [2.05, 4.69) is 16.0 Å². The lowest BCUT2D eigenvalue weighted by atomic mass is 10.1. The molecule has 0 unspecified atom stereocenters. The van der Waals surface area contributed by atoms with Gasteiger partial charge in [-0.2, -0.15) is 0 Å². The normalized spacial score (nSPS) is 18.1. The van der Waals surface area contributed by atoms with E-state index in [0.29, 0.717) is 6.42 Å². The lowest BCUT2D eigenvalue weighted by Crippen LogP contribution is -2.60. The van der Waals surface area contributed by atoms with Gasteiger partial charge in [-0.15, -0.1) is 0 Å². The summed E-state index contributed by atoms with van der Waals surface area (Å²) in [5.41, 5.74) is 15.6. The summed E-state index contributed by atoms with van der Waals surface area (Å²) in [5.74, 6) is -7.02. The van der Waals surface area contributed by atoms with E-state index in [-0.39, 0.29) is 25.8 Å². The number of aliphatic hydroxyl groups excluding tert-OH is 2. The molecule has 1 fully saturated rings. The number of carboxylic acids is 1. The third-order valence-corrected chi connectivity index (χ3v) is 5.50. The Kier molecular flexibility index (Phi) is 12.4. The molecule has 1 saturated heterocycles. The number of carboxylic acid groups (broad SMARTS) is 1. The first-order valence-electron chi connectivity index (χ1n) is 11.3. The van der Waals surface area contributed by atoms with E-state index < -0.39 is 91.3 Å². The molecule has 0 aromatic rings. The largest absolute Gasteiger partial charge is 0.480 e. The molecule has 0 radical (unpaired) electrons. The molecule has 17 nitrogen and oxygen atoms in total. The number of nitrogens with two attached hydrogens (primary N) is 3. The van der Waals surface area contributed by atoms with Gasteiger partial charge in [-0.05, 0) is 19.3 Å². The van der Waals surface area contributed by atoms with Gasteiger partial charge < -0.3 is 53.4 Å². The van der Waals surface area contributed by atoms with E-state index in [1.807, 2.05) is 0 Å². The molecule has 0 aliphatic carbocycles.